The van der Waals surface area contributed by atoms with Crippen LogP contribution in [-0.4, -0.2) is 10.9 Å². The summed E-state index contributed by atoms with van der Waals surface area (Å²) in [6, 6.07) is 3.53. The lowest BCUT2D eigenvalue weighted by Gasteiger charge is -2.48. The Balaban J connectivity index is 1.79. The van der Waals surface area contributed by atoms with Crippen molar-refractivity contribution in [2.75, 3.05) is 0 Å². The maximum atomic E-state index is 12.3. The average molecular weight is 293 g/mol. The lowest BCUT2D eigenvalue weighted by Crippen LogP contribution is -2.42. The Morgan fingerprint density at radius 2 is 2.09 bits per heavy atom. The summed E-state index contributed by atoms with van der Waals surface area (Å²) in [6.07, 6.45) is 13.4. The van der Waals surface area contributed by atoms with Gasteiger partial charge in [-0.2, -0.15) is 0 Å². The molecule has 2 saturated carbocycles. The number of carbonyl (C=O) groups excluding carboxylic acids is 1. The molecule has 3 aliphatic carbocycles. The molecule has 2 fully saturated rings. The quantitative estimate of drug-likeness (QED) is 0.740. The molecule has 1 N–H and O–H groups in total. The van der Waals surface area contributed by atoms with Crippen LogP contribution in [-0.2, 0) is 11.2 Å². The minimum atomic E-state index is -0.107. The Morgan fingerprint density at radius 1 is 1.27 bits per heavy atom. The third-order valence-electron chi connectivity index (χ3n) is 6.65. The van der Waals surface area contributed by atoms with Crippen molar-refractivity contribution in [1.82, 2.24) is 0 Å². The van der Waals surface area contributed by atoms with Crippen LogP contribution < -0.4 is 0 Å². The maximum absolute atomic E-state index is 12.3. The van der Waals surface area contributed by atoms with Crippen molar-refractivity contribution in [2.24, 2.45) is 17.3 Å². The van der Waals surface area contributed by atoms with Gasteiger partial charge < -0.3 is 5.11 Å². The minimum absolute atomic E-state index is 0.107. The molecule has 0 bridgehead atoms. The van der Waals surface area contributed by atoms with Gasteiger partial charge in [-0.05, 0) is 79.5 Å². The van der Waals surface area contributed by atoms with E-state index in [1.165, 1.54) is 11.1 Å². The summed E-state index contributed by atoms with van der Waals surface area (Å²) < 4.78 is 0. The number of benzene rings is 1. The number of ketones is 1. The molecule has 3 aliphatic rings. The highest BCUT2D eigenvalue weighted by Crippen LogP contribution is 2.60. The van der Waals surface area contributed by atoms with Crippen LogP contribution in [0, 0.1) is 29.6 Å². The SMILES string of the molecule is [C]#Cc1cc(O)cc2c1[C@H]1CC[C@]3(C)C(=O)CC[C@H]3[C@@H]1CC2. The third-order valence-corrected chi connectivity index (χ3v) is 6.65. The summed E-state index contributed by atoms with van der Waals surface area (Å²) in [4.78, 5) is 12.3. The predicted molar refractivity (Wildman–Crippen MR) is 84.0 cm³/mol. The van der Waals surface area contributed by atoms with Gasteiger partial charge in [0.1, 0.15) is 11.5 Å². The van der Waals surface area contributed by atoms with Gasteiger partial charge in [-0.15, -0.1) is 0 Å². The van der Waals surface area contributed by atoms with Crippen LogP contribution in [0.5, 0.6) is 5.75 Å². The molecule has 2 nitrogen and oxygen atoms in total. The van der Waals surface area contributed by atoms with Crippen LogP contribution in [0.3, 0.4) is 0 Å². The number of aromatic hydroxyl groups is 1. The molecule has 0 heterocycles. The monoisotopic (exact) mass is 293 g/mol. The molecule has 0 spiro atoms. The fourth-order valence-corrected chi connectivity index (χ4v) is 5.59. The van der Waals surface area contributed by atoms with Gasteiger partial charge >= 0.3 is 0 Å². The molecule has 1 aromatic rings. The molecule has 0 aromatic heterocycles. The van der Waals surface area contributed by atoms with Crippen LogP contribution in [0.1, 0.15) is 61.6 Å². The van der Waals surface area contributed by atoms with Gasteiger partial charge in [-0.3, -0.25) is 4.79 Å². The highest BCUT2D eigenvalue weighted by Gasteiger charge is 2.54. The first kappa shape index (κ1) is 13.9. The smallest absolute Gasteiger partial charge is 0.139 e. The van der Waals surface area contributed by atoms with Gasteiger partial charge in [0.25, 0.3) is 0 Å². The summed E-state index contributed by atoms with van der Waals surface area (Å²) in [6.45, 7) is 2.18. The van der Waals surface area contributed by atoms with Crippen molar-refractivity contribution in [2.45, 2.75) is 51.4 Å². The van der Waals surface area contributed by atoms with Crippen LogP contribution in [0.2, 0.25) is 0 Å². The fraction of sp³-hybridized carbons (Fsp3) is 0.550. The number of hydrogen-bond acceptors (Lipinski definition) is 2. The predicted octanol–water partition coefficient (Wildman–Crippen LogP) is 3.76. The molecular formula is C20H21O2. The zero-order chi connectivity index (χ0) is 15.5. The largest absolute Gasteiger partial charge is 0.508 e. The van der Waals surface area contributed by atoms with E-state index >= 15 is 0 Å². The highest BCUT2D eigenvalue weighted by atomic mass is 16.3. The second-order valence-electron chi connectivity index (χ2n) is 7.52. The van der Waals surface area contributed by atoms with Crippen molar-refractivity contribution < 1.29 is 9.90 Å². The maximum Gasteiger partial charge on any atom is 0.139 e. The van der Waals surface area contributed by atoms with Crippen LogP contribution in [0.25, 0.3) is 0 Å². The van der Waals surface area contributed by atoms with Crippen LogP contribution >= 0.6 is 0 Å². The average Bonchev–Trinajstić information content (AvgIpc) is 2.81. The summed E-state index contributed by atoms with van der Waals surface area (Å²) in [5, 5.41) is 9.85. The number of Topliss-reactive ketones (excluding diaryl/α,β-unsaturated/α-hetero) is 1. The molecule has 4 atom stereocenters. The van der Waals surface area contributed by atoms with E-state index in [1.54, 1.807) is 6.07 Å². The van der Waals surface area contributed by atoms with E-state index in [4.69, 9.17) is 6.42 Å². The molecule has 1 aromatic carbocycles. The van der Waals surface area contributed by atoms with Gasteiger partial charge in [-0.25, -0.2) is 0 Å². The van der Waals surface area contributed by atoms with Crippen molar-refractivity contribution >= 4 is 5.78 Å². The van der Waals surface area contributed by atoms with E-state index in [-0.39, 0.29) is 11.2 Å². The molecule has 0 aliphatic heterocycles. The Labute approximate surface area is 131 Å². The van der Waals surface area contributed by atoms with Gasteiger partial charge in [-0.1, -0.05) is 12.8 Å². The summed E-state index contributed by atoms with van der Waals surface area (Å²) >= 11 is 0. The normalized spacial score (nSPS) is 36.2. The molecule has 0 saturated heterocycles. The number of phenols is 1. The zero-order valence-electron chi connectivity index (χ0n) is 13.0. The molecule has 113 valence electrons. The van der Waals surface area contributed by atoms with Crippen molar-refractivity contribution in [3.05, 3.63) is 35.2 Å². The summed E-state index contributed by atoms with van der Waals surface area (Å²) in [5.74, 6) is 4.71. The fourth-order valence-electron chi connectivity index (χ4n) is 5.59. The van der Waals surface area contributed by atoms with Gasteiger partial charge in [0.2, 0.25) is 0 Å². The molecule has 4 rings (SSSR count). The van der Waals surface area contributed by atoms with Crippen molar-refractivity contribution in [1.29, 1.82) is 0 Å². The summed E-state index contributed by atoms with van der Waals surface area (Å²) in [7, 11) is 0. The molecule has 0 unspecified atom stereocenters. The summed E-state index contributed by atoms with van der Waals surface area (Å²) in [5.41, 5.74) is 3.05. The van der Waals surface area contributed by atoms with E-state index in [1.807, 2.05) is 6.07 Å². The van der Waals surface area contributed by atoms with Crippen LogP contribution in [0.15, 0.2) is 12.1 Å². The number of carbonyl (C=O) groups is 1. The standard InChI is InChI=1S/C20H21O2/c1-3-12-10-14(21)11-13-4-5-15-16(19(12)13)8-9-20(2)17(15)6-7-18(20)22/h10-11,15-17,21H,4-9H2,2H3/t15-,16+,17+,20+/m1/s1. The number of fused-ring (bicyclic) bond motifs is 5. The van der Waals surface area contributed by atoms with E-state index < -0.39 is 0 Å². The molecule has 22 heavy (non-hydrogen) atoms. The Hall–Kier alpha value is -1.75. The molecular weight excluding hydrogens is 272 g/mol. The number of phenolic OH excluding ortho intramolecular Hbond substituents is 1. The Bertz CT molecular complexity index is 696. The highest BCUT2D eigenvalue weighted by molar-refractivity contribution is 5.87. The topological polar surface area (TPSA) is 37.3 Å². The first-order chi connectivity index (χ1) is 10.5. The number of rotatable bonds is 0. The van der Waals surface area contributed by atoms with Gasteiger partial charge in [0.15, 0.2) is 0 Å². The lowest BCUT2D eigenvalue weighted by atomic mass is 9.55. The minimum Gasteiger partial charge on any atom is -0.508 e. The lowest BCUT2D eigenvalue weighted by molar-refractivity contribution is -0.129. The molecule has 0 amide bonds. The second-order valence-corrected chi connectivity index (χ2v) is 7.52. The number of hydrogen-bond donors (Lipinski definition) is 1. The second kappa shape index (κ2) is 4.62. The Morgan fingerprint density at radius 3 is 2.86 bits per heavy atom. The van der Waals surface area contributed by atoms with E-state index in [9.17, 15) is 9.90 Å². The van der Waals surface area contributed by atoms with E-state index in [0.717, 1.165) is 44.1 Å². The van der Waals surface area contributed by atoms with Gasteiger partial charge in [0, 0.05) is 17.4 Å². The first-order valence-corrected chi connectivity index (χ1v) is 8.36. The number of aryl methyl sites for hydroxylation is 1. The third kappa shape index (κ3) is 1.72. The van der Waals surface area contributed by atoms with Crippen LogP contribution in [0.4, 0.5) is 0 Å². The van der Waals surface area contributed by atoms with E-state index in [0.29, 0.717) is 23.5 Å². The van der Waals surface area contributed by atoms with Crippen molar-refractivity contribution in [3.8, 4) is 11.7 Å². The van der Waals surface area contributed by atoms with Crippen molar-refractivity contribution in [3.63, 3.8) is 0 Å². The zero-order valence-corrected chi connectivity index (χ0v) is 13.0. The molecule has 1 radical (unpaired) electrons. The molecule has 2 heteroatoms. The Kier molecular flexibility index (Phi) is 2.92. The van der Waals surface area contributed by atoms with E-state index in [2.05, 4.69) is 12.8 Å². The van der Waals surface area contributed by atoms with Gasteiger partial charge in [0.05, 0.1) is 0 Å². The first-order valence-electron chi connectivity index (χ1n) is 8.36.